The quantitative estimate of drug-likeness (QED) is 0.760. The first kappa shape index (κ1) is 19.9. The lowest BCUT2D eigenvalue weighted by Gasteiger charge is -2.17. The molecular weight excluding hydrogens is 428 g/mol. The molecule has 0 aliphatic heterocycles. The Balaban J connectivity index is 2.32. The highest BCUT2D eigenvalue weighted by Crippen LogP contribution is 2.25. The number of sulfonamides is 1. The third-order valence-electron chi connectivity index (χ3n) is 3.68. The van der Waals surface area contributed by atoms with Crippen molar-refractivity contribution in [1.29, 1.82) is 0 Å². The molecule has 5 nitrogen and oxygen atoms in total. The standard InChI is InChI=1S/C17H18BrClN2O3S/c1-11(13-6-4-5-7-15(13)18)20-17(22)14-10-12(8-9-16(14)19)25(23,24)21(2)3/h4-11H,1-3H3,(H,20,22). The summed E-state index contributed by atoms with van der Waals surface area (Å²) in [4.78, 5) is 12.6. The Morgan fingerprint density at radius 2 is 1.84 bits per heavy atom. The molecule has 0 radical (unpaired) electrons. The fourth-order valence-electron chi connectivity index (χ4n) is 2.23. The van der Waals surface area contributed by atoms with Crippen molar-refractivity contribution in [3.8, 4) is 0 Å². The molecular formula is C17H18BrClN2O3S. The zero-order valence-corrected chi connectivity index (χ0v) is 17.1. The summed E-state index contributed by atoms with van der Waals surface area (Å²) in [6.07, 6.45) is 0. The minimum absolute atomic E-state index is 0.0144. The third-order valence-corrected chi connectivity index (χ3v) is 6.54. The predicted molar refractivity (Wildman–Crippen MR) is 102 cm³/mol. The monoisotopic (exact) mass is 444 g/mol. The van der Waals surface area contributed by atoms with Crippen molar-refractivity contribution in [3.05, 3.63) is 63.1 Å². The van der Waals surface area contributed by atoms with E-state index in [1.165, 1.54) is 32.3 Å². The average Bonchev–Trinajstić information content (AvgIpc) is 2.55. The lowest BCUT2D eigenvalue weighted by atomic mass is 10.1. The van der Waals surface area contributed by atoms with E-state index in [9.17, 15) is 13.2 Å². The largest absolute Gasteiger partial charge is 0.345 e. The maximum atomic E-state index is 12.6. The van der Waals surface area contributed by atoms with E-state index in [1.807, 2.05) is 31.2 Å². The van der Waals surface area contributed by atoms with Gasteiger partial charge < -0.3 is 5.32 Å². The van der Waals surface area contributed by atoms with E-state index in [0.29, 0.717) is 0 Å². The predicted octanol–water partition coefficient (Wildman–Crippen LogP) is 3.84. The van der Waals surface area contributed by atoms with Gasteiger partial charge in [0.05, 0.1) is 21.5 Å². The van der Waals surface area contributed by atoms with Gasteiger partial charge in [-0.05, 0) is 36.8 Å². The second kappa shape index (κ2) is 7.86. The number of hydrogen-bond acceptors (Lipinski definition) is 3. The van der Waals surface area contributed by atoms with E-state index in [1.54, 1.807) is 0 Å². The van der Waals surface area contributed by atoms with E-state index in [4.69, 9.17) is 11.6 Å². The maximum absolute atomic E-state index is 12.6. The van der Waals surface area contributed by atoms with E-state index in [2.05, 4.69) is 21.2 Å². The lowest BCUT2D eigenvalue weighted by Crippen LogP contribution is -2.28. The van der Waals surface area contributed by atoms with Gasteiger partial charge in [-0.3, -0.25) is 4.79 Å². The molecule has 0 bridgehead atoms. The summed E-state index contributed by atoms with van der Waals surface area (Å²) in [5, 5.41) is 3.03. The molecule has 2 rings (SSSR count). The summed E-state index contributed by atoms with van der Waals surface area (Å²) in [5.74, 6) is -0.441. The molecule has 0 saturated carbocycles. The second-order valence-electron chi connectivity index (χ2n) is 5.65. The smallest absolute Gasteiger partial charge is 0.253 e. The van der Waals surface area contributed by atoms with Crippen LogP contribution < -0.4 is 5.32 Å². The van der Waals surface area contributed by atoms with Crippen molar-refractivity contribution in [2.24, 2.45) is 0 Å². The zero-order valence-electron chi connectivity index (χ0n) is 14.0. The van der Waals surface area contributed by atoms with Gasteiger partial charge in [-0.25, -0.2) is 12.7 Å². The number of nitrogens with one attached hydrogen (secondary N) is 1. The van der Waals surface area contributed by atoms with Crippen molar-refractivity contribution < 1.29 is 13.2 Å². The molecule has 0 spiro atoms. The molecule has 0 aromatic heterocycles. The van der Waals surface area contributed by atoms with E-state index >= 15 is 0 Å². The molecule has 2 aromatic rings. The first-order valence-electron chi connectivity index (χ1n) is 7.42. The molecule has 1 N–H and O–H groups in total. The number of nitrogens with zero attached hydrogens (tertiary/aromatic N) is 1. The molecule has 0 fully saturated rings. The molecule has 1 amide bonds. The number of benzene rings is 2. The van der Waals surface area contributed by atoms with Crippen molar-refractivity contribution >= 4 is 43.5 Å². The Hall–Kier alpha value is -1.41. The fraction of sp³-hybridized carbons (Fsp3) is 0.235. The van der Waals surface area contributed by atoms with Crippen molar-refractivity contribution in [2.45, 2.75) is 17.9 Å². The molecule has 25 heavy (non-hydrogen) atoms. The van der Waals surface area contributed by atoms with E-state index in [-0.39, 0.29) is 21.5 Å². The van der Waals surface area contributed by atoms with Crippen LogP contribution >= 0.6 is 27.5 Å². The topological polar surface area (TPSA) is 66.5 Å². The minimum atomic E-state index is -3.65. The van der Waals surface area contributed by atoms with Gasteiger partial charge in [-0.15, -0.1) is 0 Å². The Morgan fingerprint density at radius 1 is 1.20 bits per heavy atom. The number of amides is 1. The number of carbonyl (C=O) groups excluding carboxylic acids is 1. The van der Waals surface area contributed by atoms with Gasteiger partial charge in [0.15, 0.2) is 0 Å². The highest BCUT2D eigenvalue weighted by atomic mass is 79.9. The van der Waals surface area contributed by atoms with E-state index < -0.39 is 15.9 Å². The average molecular weight is 446 g/mol. The molecule has 2 aromatic carbocycles. The number of rotatable bonds is 5. The van der Waals surface area contributed by atoms with Gasteiger partial charge in [0.2, 0.25) is 10.0 Å². The molecule has 0 heterocycles. The summed E-state index contributed by atoms with van der Waals surface area (Å²) in [6, 6.07) is 11.3. The maximum Gasteiger partial charge on any atom is 0.253 e. The van der Waals surface area contributed by atoms with Crippen molar-refractivity contribution in [3.63, 3.8) is 0 Å². The minimum Gasteiger partial charge on any atom is -0.345 e. The van der Waals surface area contributed by atoms with Gasteiger partial charge >= 0.3 is 0 Å². The molecule has 0 aliphatic carbocycles. The summed E-state index contributed by atoms with van der Waals surface area (Å²) in [5.41, 5.74) is 1.02. The van der Waals surface area contributed by atoms with Crippen LogP contribution in [0.5, 0.6) is 0 Å². The van der Waals surface area contributed by atoms with Crippen LogP contribution in [0.15, 0.2) is 51.8 Å². The number of halogens is 2. The van der Waals surface area contributed by atoms with Gasteiger partial charge in [0.1, 0.15) is 0 Å². The number of carbonyl (C=O) groups is 1. The lowest BCUT2D eigenvalue weighted by molar-refractivity contribution is 0.0939. The highest BCUT2D eigenvalue weighted by molar-refractivity contribution is 9.10. The fourth-order valence-corrected chi connectivity index (χ4v) is 3.99. The third kappa shape index (κ3) is 4.41. The van der Waals surface area contributed by atoms with Gasteiger partial charge in [-0.2, -0.15) is 0 Å². The highest BCUT2D eigenvalue weighted by Gasteiger charge is 2.22. The summed E-state index contributed by atoms with van der Waals surface area (Å²) in [6.45, 7) is 1.84. The van der Waals surface area contributed by atoms with Crippen LogP contribution in [0.3, 0.4) is 0 Å². The molecule has 1 unspecified atom stereocenters. The molecule has 8 heteroatoms. The number of hydrogen-bond donors (Lipinski definition) is 1. The first-order valence-corrected chi connectivity index (χ1v) is 10.0. The van der Waals surface area contributed by atoms with Gasteiger partial charge in [-0.1, -0.05) is 45.7 Å². The summed E-state index contributed by atoms with van der Waals surface area (Å²) >= 11 is 9.55. The van der Waals surface area contributed by atoms with Gasteiger partial charge in [0, 0.05) is 18.6 Å². The summed E-state index contributed by atoms with van der Waals surface area (Å²) < 4.78 is 26.5. The van der Waals surface area contributed by atoms with Crippen LogP contribution in [0, 0.1) is 0 Å². The van der Waals surface area contributed by atoms with Crippen LogP contribution in [-0.4, -0.2) is 32.7 Å². The Bertz CT molecular complexity index is 901. The Kier molecular flexibility index (Phi) is 6.26. The van der Waals surface area contributed by atoms with Crippen LogP contribution in [0.1, 0.15) is 28.9 Å². The van der Waals surface area contributed by atoms with Gasteiger partial charge in [0.25, 0.3) is 5.91 Å². The second-order valence-corrected chi connectivity index (χ2v) is 9.06. The van der Waals surface area contributed by atoms with Crippen LogP contribution in [0.25, 0.3) is 0 Å². The molecule has 0 aliphatic rings. The van der Waals surface area contributed by atoms with Crippen molar-refractivity contribution in [1.82, 2.24) is 9.62 Å². The molecule has 0 saturated heterocycles. The van der Waals surface area contributed by atoms with Crippen LogP contribution in [0.4, 0.5) is 0 Å². The zero-order chi connectivity index (χ0) is 18.8. The Morgan fingerprint density at radius 3 is 2.44 bits per heavy atom. The molecule has 1 atom stereocenters. The normalized spacial score (nSPS) is 12.9. The Labute approximate surface area is 161 Å². The first-order chi connectivity index (χ1) is 11.6. The van der Waals surface area contributed by atoms with Crippen molar-refractivity contribution in [2.75, 3.05) is 14.1 Å². The van der Waals surface area contributed by atoms with Crippen LogP contribution in [-0.2, 0) is 10.0 Å². The SMILES string of the molecule is CC(NC(=O)c1cc(S(=O)(=O)N(C)C)ccc1Cl)c1ccccc1Br. The molecule has 134 valence electrons. The summed E-state index contributed by atoms with van der Waals surface area (Å²) in [7, 11) is -0.791. The van der Waals surface area contributed by atoms with E-state index in [0.717, 1.165) is 14.3 Å². The van der Waals surface area contributed by atoms with Crippen LogP contribution in [0.2, 0.25) is 5.02 Å².